The van der Waals surface area contributed by atoms with Gasteiger partial charge in [-0.1, -0.05) is 0 Å². The molecule has 102 valence electrons. The van der Waals surface area contributed by atoms with Crippen molar-refractivity contribution in [2.24, 2.45) is 0 Å². The molecule has 3 nitrogen and oxygen atoms in total. The molecular weight excluding hydrogens is 224 g/mol. The third-order valence-electron chi connectivity index (χ3n) is 3.54. The van der Waals surface area contributed by atoms with Gasteiger partial charge in [-0.2, -0.15) is 0 Å². The lowest BCUT2D eigenvalue weighted by Gasteiger charge is -2.34. The first-order valence-corrected chi connectivity index (χ1v) is 7.05. The van der Waals surface area contributed by atoms with Crippen LogP contribution >= 0.6 is 0 Å². The molecule has 0 radical (unpaired) electrons. The van der Waals surface area contributed by atoms with E-state index in [0.29, 0.717) is 12.1 Å². The zero-order valence-corrected chi connectivity index (χ0v) is 11.8. The van der Waals surface area contributed by atoms with Crippen molar-refractivity contribution in [2.75, 3.05) is 0 Å². The van der Waals surface area contributed by atoms with Crippen molar-refractivity contribution in [1.29, 1.82) is 0 Å². The average molecular weight is 250 g/mol. The molecule has 0 aliphatic heterocycles. The summed E-state index contributed by atoms with van der Waals surface area (Å²) in [6.45, 7) is 7.67. The molecule has 3 heteroatoms. The van der Waals surface area contributed by atoms with Crippen LogP contribution in [0.1, 0.15) is 52.0 Å². The summed E-state index contributed by atoms with van der Waals surface area (Å²) in [5.74, 6) is 0. The topological polar surface area (TPSA) is 37.2 Å². The fourth-order valence-corrected chi connectivity index (χ4v) is 2.71. The third-order valence-corrected chi connectivity index (χ3v) is 3.54. The first kappa shape index (κ1) is 13.6. The Labute approximate surface area is 110 Å². The Morgan fingerprint density at radius 3 is 2.39 bits per heavy atom. The highest BCUT2D eigenvalue weighted by atomic mass is 16.3. The van der Waals surface area contributed by atoms with Gasteiger partial charge in [0.05, 0.1) is 12.5 Å². The van der Waals surface area contributed by atoms with Gasteiger partial charge in [0.2, 0.25) is 0 Å². The summed E-state index contributed by atoms with van der Waals surface area (Å²) in [5.41, 5.74) is 1.48. The van der Waals surface area contributed by atoms with Gasteiger partial charge < -0.3 is 15.1 Å². The van der Waals surface area contributed by atoms with Crippen LogP contribution in [0.4, 0.5) is 0 Å². The Hall–Kier alpha value is -0.800. The summed E-state index contributed by atoms with van der Waals surface area (Å²) in [5, 5.41) is 7.33. The normalized spacial score (nSPS) is 25.3. The Balaban J connectivity index is 1.67. The van der Waals surface area contributed by atoms with E-state index in [4.69, 9.17) is 4.42 Å². The van der Waals surface area contributed by atoms with Gasteiger partial charge in [-0.3, -0.25) is 0 Å². The molecule has 1 saturated carbocycles. The van der Waals surface area contributed by atoms with Crippen LogP contribution in [0.25, 0.3) is 0 Å². The monoisotopic (exact) mass is 250 g/mol. The van der Waals surface area contributed by atoms with Crippen molar-refractivity contribution >= 4 is 0 Å². The van der Waals surface area contributed by atoms with Crippen LogP contribution in [0.5, 0.6) is 0 Å². The van der Waals surface area contributed by atoms with Crippen LogP contribution in [0.15, 0.2) is 23.0 Å². The summed E-state index contributed by atoms with van der Waals surface area (Å²) >= 11 is 0. The zero-order valence-electron chi connectivity index (χ0n) is 11.8. The van der Waals surface area contributed by atoms with Gasteiger partial charge in [-0.25, -0.2) is 0 Å². The van der Waals surface area contributed by atoms with E-state index in [0.717, 1.165) is 6.54 Å². The molecule has 0 bridgehead atoms. The quantitative estimate of drug-likeness (QED) is 0.862. The second kappa shape index (κ2) is 5.89. The smallest absolute Gasteiger partial charge is 0.0947 e. The Morgan fingerprint density at radius 1 is 1.17 bits per heavy atom. The predicted molar refractivity (Wildman–Crippen MR) is 74.5 cm³/mol. The van der Waals surface area contributed by atoms with Crippen molar-refractivity contribution < 1.29 is 4.42 Å². The standard InChI is InChI=1S/C15H26N2O/c1-15(2,3)17-14-6-4-13(5-7-14)16-10-12-8-9-18-11-12/h8-9,11,13-14,16-17H,4-7,10H2,1-3H3. The maximum atomic E-state index is 5.08. The van der Waals surface area contributed by atoms with E-state index >= 15 is 0 Å². The lowest BCUT2D eigenvalue weighted by molar-refractivity contribution is 0.261. The molecule has 0 saturated heterocycles. The van der Waals surface area contributed by atoms with Crippen LogP contribution < -0.4 is 10.6 Å². The van der Waals surface area contributed by atoms with E-state index in [2.05, 4.69) is 31.4 Å². The maximum Gasteiger partial charge on any atom is 0.0947 e. The van der Waals surface area contributed by atoms with Crippen LogP contribution in [0.2, 0.25) is 0 Å². The van der Waals surface area contributed by atoms with Crippen LogP contribution in [-0.2, 0) is 6.54 Å². The number of hydrogen-bond donors (Lipinski definition) is 2. The summed E-state index contributed by atoms with van der Waals surface area (Å²) < 4.78 is 5.08. The van der Waals surface area contributed by atoms with Crippen LogP contribution in [-0.4, -0.2) is 17.6 Å². The number of rotatable bonds is 4. The minimum atomic E-state index is 0.238. The molecule has 2 rings (SSSR count). The van der Waals surface area contributed by atoms with E-state index in [1.54, 1.807) is 6.26 Å². The van der Waals surface area contributed by atoms with Crippen molar-refractivity contribution in [3.63, 3.8) is 0 Å². The van der Waals surface area contributed by atoms with Gasteiger partial charge in [0, 0.05) is 29.7 Å². The first-order valence-electron chi connectivity index (χ1n) is 7.05. The van der Waals surface area contributed by atoms with Gasteiger partial charge >= 0.3 is 0 Å². The van der Waals surface area contributed by atoms with E-state index in [9.17, 15) is 0 Å². The van der Waals surface area contributed by atoms with E-state index in [-0.39, 0.29) is 5.54 Å². The van der Waals surface area contributed by atoms with E-state index in [1.165, 1.54) is 31.2 Å². The lowest BCUT2D eigenvalue weighted by Crippen LogP contribution is -2.47. The summed E-state index contributed by atoms with van der Waals surface area (Å²) in [4.78, 5) is 0. The van der Waals surface area contributed by atoms with Crippen LogP contribution in [0.3, 0.4) is 0 Å². The molecule has 0 spiro atoms. The number of nitrogens with one attached hydrogen (secondary N) is 2. The second-order valence-corrected chi connectivity index (χ2v) is 6.46. The van der Waals surface area contributed by atoms with Crippen LogP contribution in [0, 0.1) is 0 Å². The van der Waals surface area contributed by atoms with Gasteiger partial charge in [0.25, 0.3) is 0 Å². The van der Waals surface area contributed by atoms with Crippen molar-refractivity contribution in [1.82, 2.24) is 10.6 Å². The average Bonchev–Trinajstić information content (AvgIpc) is 2.79. The van der Waals surface area contributed by atoms with Crippen molar-refractivity contribution in [3.8, 4) is 0 Å². The molecule has 1 aromatic heterocycles. The zero-order chi connectivity index (χ0) is 13.0. The van der Waals surface area contributed by atoms with Gasteiger partial charge in [0.1, 0.15) is 0 Å². The molecule has 1 aliphatic carbocycles. The highest BCUT2D eigenvalue weighted by Gasteiger charge is 2.23. The summed E-state index contributed by atoms with van der Waals surface area (Å²) in [6.07, 6.45) is 8.65. The molecule has 1 fully saturated rings. The molecule has 0 aromatic carbocycles. The molecule has 1 aromatic rings. The minimum Gasteiger partial charge on any atom is -0.472 e. The Kier molecular flexibility index (Phi) is 4.46. The SMILES string of the molecule is CC(C)(C)NC1CCC(NCc2ccoc2)CC1. The number of hydrogen-bond acceptors (Lipinski definition) is 3. The minimum absolute atomic E-state index is 0.238. The van der Waals surface area contributed by atoms with Gasteiger partial charge in [0.15, 0.2) is 0 Å². The molecule has 0 amide bonds. The molecular formula is C15H26N2O. The molecule has 1 heterocycles. The van der Waals surface area contributed by atoms with E-state index in [1.807, 2.05) is 12.3 Å². The predicted octanol–water partition coefficient (Wildman–Crippen LogP) is 3.07. The van der Waals surface area contributed by atoms with Gasteiger partial charge in [-0.15, -0.1) is 0 Å². The van der Waals surface area contributed by atoms with Crippen molar-refractivity contribution in [2.45, 2.75) is 70.6 Å². The number of furan rings is 1. The molecule has 18 heavy (non-hydrogen) atoms. The summed E-state index contributed by atoms with van der Waals surface area (Å²) in [7, 11) is 0. The van der Waals surface area contributed by atoms with Gasteiger partial charge in [-0.05, 0) is 52.5 Å². The van der Waals surface area contributed by atoms with E-state index < -0.39 is 0 Å². The molecule has 2 N–H and O–H groups in total. The highest BCUT2D eigenvalue weighted by Crippen LogP contribution is 2.21. The molecule has 0 unspecified atom stereocenters. The largest absolute Gasteiger partial charge is 0.472 e. The lowest BCUT2D eigenvalue weighted by atomic mass is 9.89. The Bertz CT molecular complexity index is 332. The van der Waals surface area contributed by atoms with Crippen molar-refractivity contribution in [3.05, 3.63) is 24.2 Å². The molecule has 1 aliphatic rings. The fourth-order valence-electron chi connectivity index (χ4n) is 2.71. The molecule has 0 atom stereocenters. The Morgan fingerprint density at radius 2 is 1.83 bits per heavy atom. The highest BCUT2D eigenvalue weighted by molar-refractivity contribution is 5.04. The third kappa shape index (κ3) is 4.46. The fraction of sp³-hybridized carbons (Fsp3) is 0.733. The second-order valence-electron chi connectivity index (χ2n) is 6.46. The maximum absolute atomic E-state index is 5.08. The summed E-state index contributed by atoms with van der Waals surface area (Å²) in [6, 6.07) is 3.38. The first-order chi connectivity index (χ1) is 8.53.